The van der Waals surface area contributed by atoms with Crippen LogP contribution in [0.2, 0.25) is 5.02 Å². The maximum Gasteiger partial charge on any atom is 0.293 e. The van der Waals surface area contributed by atoms with Crippen molar-refractivity contribution >= 4 is 39.9 Å². The first-order valence-electron chi connectivity index (χ1n) is 4.52. The number of halogens is 1. The fourth-order valence-corrected chi connectivity index (χ4v) is 2.49. The van der Waals surface area contributed by atoms with Crippen LogP contribution in [0.3, 0.4) is 0 Å². The zero-order valence-electron chi connectivity index (χ0n) is 8.14. The Labute approximate surface area is 101 Å². The first-order valence-corrected chi connectivity index (χ1v) is 5.89. The van der Waals surface area contributed by atoms with Crippen molar-refractivity contribution in [1.82, 2.24) is 0 Å². The molecule has 0 bridgehead atoms. The van der Waals surface area contributed by atoms with Crippen LogP contribution in [0, 0.1) is 15.5 Å². The van der Waals surface area contributed by atoms with Crippen LogP contribution in [0.15, 0.2) is 18.2 Å². The smallest absolute Gasteiger partial charge is 0.293 e. The quantitative estimate of drug-likeness (QED) is 0.653. The van der Waals surface area contributed by atoms with Crippen molar-refractivity contribution in [2.75, 3.05) is 17.2 Å². The van der Waals surface area contributed by atoms with Crippen LogP contribution in [0.25, 0.3) is 0 Å². The molecule has 0 atom stereocenters. The molecule has 7 heteroatoms. The summed E-state index contributed by atoms with van der Waals surface area (Å²) < 4.78 is 0. The normalized spacial score (nSPS) is 15.6. The number of benzene rings is 1. The molecule has 84 valence electrons. The summed E-state index contributed by atoms with van der Waals surface area (Å²) in [7, 11) is 0. The van der Waals surface area contributed by atoms with Crippen LogP contribution in [-0.2, 0) is 0 Å². The second-order valence-corrected chi connectivity index (χ2v) is 4.72. The van der Waals surface area contributed by atoms with Gasteiger partial charge >= 0.3 is 0 Å². The molecule has 1 aromatic rings. The van der Waals surface area contributed by atoms with E-state index in [-0.39, 0.29) is 5.69 Å². The summed E-state index contributed by atoms with van der Waals surface area (Å²) in [6, 6.07) is 4.38. The largest absolute Gasteiger partial charge is 0.315 e. The molecule has 1 N–H and O–H groups in total. The molecule has 1 fully saturated rings. The minimum absolute atomic E-state index is 0.0170. The summed E-state index contributed by atoms with van der Waals surface area (Å²) in [6.07, 6.45) is 0. The van der Waals surface area contributed by atoms with E-state index in [0.717, 1.165) is 5.75 Å². The molecule has 0 aliphatic carbocycles. The van der Waals surface area contributed by atoms with E-state index in [1.165, 1.54) is 30.0 Å². The van der Waals surface area contributed by atoms with Crippen molar-refractivity contribution in [3.05, 3.63) is 33.3 Å². The standard InChI is InChI=1S/C9H8ClN3O2S/c10-6-1-2-7(13(14)15)8(5-6)12-3-4-16-9(12)11/h1-2,5,11H,3-4H2. The molecule has 0 radical (unpaired) electrons. The molecule has 0 spiro atoms. The molecule has 0 unspecified atom stereocenters. The first kappa shape index (κ1) is 11.2. The second kappa shape index (κ2) is 4.31. The molecule has 0 saturated carbocycles. The van der Waals surface area contributed by atoms with Crippen molar-refractivity contribution in [2.45, 2.75) is 0 Å². The highest BCUT2D eigenvalue weighted by molar-refractivity contribution is 8.14. The van der Waals surface area contributed by atoms with Crippen LogP contribution < -0.4 is 4.90 Å². The fraction of sp³-hybridized carbons (Fsp3) is 0.222. The number of amidine groups is 1. The number of hydrogen-bond donors (Lipinski definition) is 1. The highest BCUT2D eigenvalue weighted by atomic mass is 35.5. The van der Waals surface area contributed by atoms with Crippen LogP contribution in [0.5, 0.6) is 0 Å². The predicted octanol–water partition coefficient (Wildman–Crippen LogP) is 2.74. The van der Waals surface area contributed by atoms with E-state index >= 15 is 0 Å². The van der Waals surface area contributed by atoms with Gasteiger partial charge in [-0.15, -0.1) is 0 Å². The molecule has 0 aromatic heterocycles. The third-order valence-corrected chi connectivity index (χ3v) is 3.34. The molecule has 1 heterocycles. The lowest BCUT2D eigenvalue weighted by molar-refractivity contribution is -0.384. The van der Waals surface area contributed by atoms with Gasteiger partial charge < -0.3 is 4.90 Å². The second-order valence-electron chi connectivity index (χ2n) is 3.20. The number of rotatable bonds is 2. The molecule has 2 rings (SSSR count). The van der Waals surface area contributed by atoms with Gasteiger partial charge in [-0.2, -0.15) is 0 Å². The Hall–Kier alpha value is -1.27. The fourth-order valence-electron chi connectivity index (χ4n) is 1.51. The van der Waals surface area contributed by atoms with Crippen molar-refractivity contribution in [2.24, 2.45) is 0 Å². The number of nitro benzene ring substituents is 1. The van der Waals surface area contributed by atoms with E-state index in [2.05, 4.69) is 0 Å². The number of nitrogens with zero attached hydrogens (tertiary/aromatic N) is 2. The van der Waals surface area contributed by atoms with E-state index in [0.29, 0.717) is 22.4 Å². The van der Waals surface area contributed by atoms with Gasteiger partial charge in [0, 0.05) is 23.4 Å². The molecular formula is C9H8ClN3O2S. The van der Waals surface area contributed by atoms with Crippen molar-refractivity contribution in [3.8, 4) is 0 Å². The molecule has 1 saturated heterocycles. The summed E-state index contributed by atoms with van der Waals surface area (Å²) in [5.41, 5.74) is 0.379. The maximum absolute atomic E-state index is 10.9. The van der Waals surface area contributed by atoms with Crippen molar-refractivity contribution in [3.63, 3.8) is 0 Å². The summed E-state index contributed by atoms with van der Waals surface area (Å²) in [5.74, 6) is 0.766. The van der Waals surface area contributed by atoms with E-state index in [9.17, 15) is 10.1 Å². The monoisotopic (exact) mass is 257 g/mol. The zero-order valence-corrected chi connectivity index (χ0v) is 9.72. The number of thioether (sulfide) groups is 1. The van der Waals surface area contributed by atoms with Crippen molar-refractivity contribution < 1.29 is 4.92 Å². The summed E-state index contributed by atoms with van der Waals surface area (Å²) in [6.45, 7) is 0.602. The lowest BCUT2D eigenvalue weighted by atomic mass is 10.2. The molecular weight excluding hydrogens is 250 g/mol. The predicted molar refractivity (Wildman–Crippen MR) is 65.6 cm³/mol. The summed E-state index contributed by atoms with van der Waals surface area (Å²) in [5, 5.41) is 19.3. The van der Waals surface area contributed by atoms with Crippen molar-refractivity contribution in [1.29, 1.82) is 5.41 Å². The third kappa shape index (κ3) is 1.98. The summed E-state index contributed by atoms with van der Waals surface area (Å²) >= 11 is 7.19. The Morgan fingerprint density at radius 1 is 1.56 bits per heavy atom. The average Bonchev–Trinajstić information content (AvgIpc) is 2.63. The van der Waals surface area contributed by atoms with Crippen LogP contribution in [0.1, 0.15) is 0 Å². The van der Waals surface area contributed by atoms with E-state index in [4.69, 9.17) is 17.0 Å². The van der Waals surface area contributed by atoms with Gasteiger partial charge in [-0.3, -0.25) is 15.5 Å². The van der Waals surface area contributed by atoms with Crippen LogP contribution >= 0.6 is 23.4 Å². The van der Waals surface area contributed by atoms with Gasteiger partial charge in [0.1, 0.15) is 5.69 Å². The molecule has 5 nitrogen and oxygen atoms in total. The van der Waals surface area contributed by atoms with Gasteiger partial charge in [0.25, 0.3) is 5.69 Å². The van der Waals surface area contributed by atoms with E-state index in [1.807, 2.05) is 0 Å². The topological polar surface area (TPSA) is 70.2 Å². The average molecular weight is 258 g/mol. The minimum Gasteiger partial charge on any atom is -0.315 e. The number of anilines is 1. The van der Waals surface area contributed by atoms with Gasteiger partial charge in [-0.05, 0) is 12.1 Å². The minimum atomic E-state index is -0.456. The molecule has 0 amide bonds. The van der Waals surface area contributed by atoms with E-state index < -0.39 is 4.92 Å². The number of nitrogens with one attached hydrogen (secondary N) is 1. The third-order valence-electron chi connectivity index (χ3n) is 2.22. The number of hydrogen-bond acceptors (Lipinski definition) is 4. The van der Waals surface area contributed by atoms with Gasteiger partial charge in [-0.25, -0.2) is 0 Å². The van der Waals surface area contributed by atoms with Gasteiger partial charge in [0.05, 0.1) is 4.92 Å². The zero-order chi connectivity index (χ0) is 11.7. The van der Waals surface area contributed by atoms with Gasteiger partial charge in [0.2, 0.25) is 0 Å². The Morgan fingerprint density at radius 3 is 2.88 bits per heavy atom. The SMILES string of the molecule is N=C1SCCN1c1cc(Cl)ccc1[N+](=O)[O-]. The Balaban J connectivity index is 2.48. The Kier molecular flexibility index (Phi) is 3.02. The highest BCUT2D eigenvalue weighted by Crippen LogP contribution is 2.34. The van der Waals surface area contributed by atoms with Gasteiger partial charge in [-0.1, -0.05) is 23.4 Å². The van der Waals surface area contributed by atoms with E-state index in [1.54, 1.807) is 4.90 Å². The Bertz CT molecular complexity index is 466. The Morgan fingerprint density at radius 2 is 2.31 bits per heavy atom. The lowest BCUT2D eigenvalue weighted by Crippen LogP contribution is -2.23. The molecule has 1 aliphatic rings. The lowest BCUT2D eigenvalue weighted by Gasteiger charge is -2.16. The molecule has 1 aliphatic heterocycles. The summed E-state index contributed by atoms with van der Waals surface area (Å²) in [4.78, 5) is 12.0. The maximum atomic E-state index is 10.9. The molecule has 1 aromatic carbocycles. The highest BCUT2D eigenvalue weighted by Gasteiger charge is 2.26. The van der Waals surface area contributed by atoms with Crippen LogP contribution in [0.4, 0.5) is 11.4 Å². The van der Waals surface area contributed by atoms with Crippen LogP contribution in [-0.4, -0.2) is 22.4 Å². The van der Waals surface area contributed by atoms with Gasteiger partial charge in [0.15, 0.2) is 5.17 Å². The molecule has 16 heavy (non-hydrogen) atoms. The number of nitro groups is 1. The first-order chi connectivity index (χ1) is 7.59.